The van der Waals surface area contributed by atoms with Crippen molar-refractivity contribution in [3.63, 3.8) is 0 Å². The zero-order valence-corrected chi connectivity index (χ0v) is 29.9. The number of halogens is 2. The molecule has 1 saturated carbocycles. The zero-order valence-electron chi connectivity index (χ0n) is 28.1. The lowest BCUT2D eigenvalue weighted by molar-refractivity contribution is -0.139. The Kier molecular flexibility index (Phi) is 11.1. The highest BCUT2D eigenvalue weighted by Gasteiger charge is 2.72. The van der Waals surface area contributed by atoms with Gasteiger partial charge < -0.3 is 23.8 Å². The molecule has 4 atom stereocenters. The summed E-state index contributed by atoms with van der Waals surface area (Å²) in [5.41, 5.74) is -1.25. The van der Waals surface area contributed by atoms with Crippen LogP contribution < -0.4 is 10.1 Å². The highest BCUT2D eigenvalue weighted by atomic mass is 32.2. The average Bonchev–Trinajstić information content (AvgIpc) is 3.81. The molecular weight excluding hydrogens is 675 g/mol. The van der Waals surface area contributed by atoms with E-state index in [2.05, 4.69) is 45.8 Å². The van der Waals surface area contributed by atoms with Crippen LogP contribution >= 0.6 is 11.8 Å². The molecule has 5 rings (SSSR count). The van der Waals surface area contributed by atoms with Gasteiger partial charge in [-0.25, -0.2) is 29.1 Å². The van der Waals surface area contributed by atoms with Crippen LogP contribution in [0.15, 0.2) is 29.6 Å². The van der Waals surface area contributed by atoms with Gasteiger partial charge in [0.05, 0.1) is 37.2 Å². The molecule has 262 valence electrons. The normalized spacial score (nSPS) is 25.1. The van der Waals surface area contributed by atoms with Crippen molar-refractivity contribution in [1.82, 2.24) is 25.2 Å². The number of rotatable bonds is 11. The molecule has 4 heterocycles. The molecule has 0 aromatic carbocycles. The molecule has 0 bridgehead atoms. The standard InChI is InChI=1S/C33H40F2N6O6SSi/c1-7-9-46-27-18-36-25(17-37-27)24(34)14-22-13-23(28(35)38-16-22)32(3)26-15-33(26,29(42)41-8-10-44-19-21(41)2)48-31(40-32)47-30(43)39-20-45-11-12-49(4,5)6/h1,13-14,16-18,21,26H,8-12,15,19-20H2,2-6H3,(H,39,43)/b24-14-/t21-,26+,32-,33+/m1/s1. The molecule has 16 heteroatoms. The van der Waals surface area contributed by atoms with Gasteiger partial charge in [0.2, 0.25) is 17.7 Å². The minimum atomic E-state index is -1.40. The van der Waals surface area contributed by atoms with Crippen molar-refractivity contribution in [2.45, 2.75) is 62.3 Å². The Balaban J connectivity index is 1.42. The molecule has 1 N–H and O–H groups in total. The molecule has 3 aliphatic rings. The zero-order chi connectivity index (χ0) is 35.4. The highest BCUT2D eigenvalue weighted by Crippen LogP contribution is 2.67. The maximum absolute atomic E-state index is 15.7. The monoisotopic (exact) mass is 714 g/mol. The number of alkyl carbamates (subject to hydrolysis) is 1. The molecule has 0 unspecified atom stereocenters. The predicted molar refractivity (Wildman–Crippen MR) is 183 cm³/mol. The van der Waals surface area contributed by atoms with Gasteiger partial charge in [0.15, 0.2) is 12.4 Å². The van der Waals surface area contributed by atoms with Gasteiger partial charge in [-0.2, -0.15) is 4.39 Å². The van der Waals surface area contributed by atoms with Crippen LogP contribution in [-0.4, -0.2) is 95.6 Å². The predicted octanol–water partition coefficient (Wildman–Crippen LogP) is 4.85. The Hall–Kier alpha value is -3.91. The number of terminal acetylenes is 1. The number of pyridine rings is 1. The summed E-state index contributed by atoms with van der Waals surface area (Å²) in [5, 5.41) is 2.46. The van der Waals surface area contributed by atoms with E-state index in [1.54, 1.807) is 11.8 Å². The SMILES string of the molecule is C#CCOc1cnc(/C(F)=C/c2cnc(F)c([C@@]3(C)N=C(OC(=O)NCOCC[Si](C)(C)C)S[C@@]4(C(=O)N5CCOC[C@H]5C)C[C@H]43)c2)cn1. The lowest BCUT2D eigenvalue weighted by Crippen LogP contribution is -2.53. The number of hydrogen-bond acceptors (Lipinski definition) is 11. The summed E-state index contributed by atoms with van der Waals surface area (Å²) < 4.78 is 51.8. The molecule has 0 spiro atoms. The first-order valence-electron chi connectivity index (χ1n) is 15.9. The van der Waals surface area contributed by atoms with E-state index in [-0.39, 0.29) is 53.2 Å². The lowest BCUT2D eigenvalue weighted by Gasteiger charge is -2.39. The lowest BCUT2D eigenvalue weighted by atomic mass is 9.86. The molecule has 0 radical (unpaired) electrons. The third kappa shape index (κ3) is 8.46. The van der Waals surface area contributed by atoms with Crippen LogP contribution in [0, 0.1) is 24.2 Å². The summed E-state index contributed by atoms with van der Waals surface area (Å²) in [6, 6.07) is 2.17. The Morgan fingerprint density at radius 2 is 2.06 bits per heavy atom. The molecule has 49 heavy (non-hydrogen) atoms. The summed E-state index contributed by atoms with van der Waals surface area (Å²) in [7, 11) is -1.31. The van der Waals surface area contributed by atoms with Crippen LogP contribution in [0.3, 0.4) is 0 Å². The molecule has 1 saturated heterocycles. The second-order valence-electron chi connectivity index (χ2n) is 13.5. The number of nitrogens with zero attached hydrogens (tertiary/aromatic N) is 5. The van der Waals surface area contributed by atoms with Crippen LogP contribution in [-0.2, 0) is 24.5 Å². The average molecular weight is 715 g/mol. The summed E-state index contributed by atoms with van der Waals surface area (Å²) in [6.07, 6.45) is 9.43. The first-order valence-corrected chi connectivity index (χ1v) is 20.4. The second kappa shape index (κ2) is 14.9. The maximum Gasteiger partial charge on any atom is 0.416 e. The van der Waals surface area contributed by atoms with Gasteiger partial charge >= 0.3 is 6.09 Å². The van der Waals surface area contributed by atoms with Crippen molar-refractivity contribution < 1.29 is 37.3 Å². The number of ether oxygens (including phenoxy) is 4. The van der Waals surface area contributed by atoms with E-state index in [1.165, 1.54) is 24.7 Å². The fourth-order valence-corrected chi connectivity index (χ4v) is 7.97. The molecule has 2 aromatic heterocycles. The third-order valence-electron chi connectivity index (χ3n) is 8.54. The van der Waals surface area contributed by atoms with Crippen molar-refractivity contribution in [2.24, 2.45) is 10.9 Å². The van der Waals surface area contributed by atoms with Gasteiger partial charge in [-0.3, -0.25) is 10.1 Å². The Labute approximate surface area is 289 Å². The van der Waals surface area contributed by atoms with Gasteiger partial charge in [0, 0.05) is 38.9 Å². The van der Waals surface area contributed by atoms with Crippen molar-refractivity contribution in [1.29, 1.82) is 0 Å². The van der Waals surface area contributed by atoms with Gasteiger partial charge in [-0.05, 0) is 55.8 Å². The summed E-state index contributed by atoms with van der Waals surface area (Å²) in [4.78, 5) is 45.4. The molecule has 2 aliphatic heterocycles. The van der Waals surface area contributed by atoms with E-state index in [0.29, 0.717) is 32.8 Å². The van der Waals surface area contributed by atoms with Crippen LogP contribution in [0.5, 0.6) is 5.88 Å². The number of carbonyl (C=O) groups excluding carboxylic acids is 2. The van der Waals surface area contributed by atoms with Crippen LogP contribution in [0.4, 0.5) is 13.6 Å². The number of amides is 2. The molecule has 2 amide bonds. The van der Waals surface area contributed by atoms with Crippen molar-refractivity contribution >= 4 is 49.0 Å². The first-order chi connectivity index (χ1) is 23.3. The van der Waals surface area contributed by atoms with Gasteiger partial charge in [0.1, 0.15) is 17.2 Å². The number of carbonyl (C=O) groups is 2. The van der Waals surface area contributed by atoms with E-state index in [1.807, 2.05) is 6.92 Å². The number of nitrogens with one attached hydrogen (secondary N) is 1. The van der Waals surface area contributed by atoms with Crippen molar-refractivity contribution in [3.05, 3.63) is 47.4 Å². The molecule has 2 fully saturated rings. The fourth-order valence-electron chi connectivity index (χ4n) is 5.72. The van der Waals surface area contributed by atoms with Crippen LogP contribution in [0.25, 0.3) is 11.9 Å². The quantitative estimate of drug-likeness (QED) is 0.113. The molecular formula is C33H40F2N6O6SSi. The number of aliphatic imine (C=N–C) groups is 1. The maximum atomic E-state index is 15.7. The van der Waals surface area contributed by atoms with E-state index in [0.717, 1.165) is 23.9 Å². The van der Waals surface area contributed by atoms with Gasteiger partial charge in [-0.15, -0.1) is 6.42 Å². The number of aromatic nitrogens is 3. The minimum absolute atomic E-state index is 0.0137. The van der Waals surface area contributed by atoms with E-state index < -0.39 is 42.1 Å². The van der Waals surface area contributed by atoms with Crippen LogP contribution in [0.1, 0.15) is 37.1 Å². The van der Waals surface area contributed by atoms with E-state index in [4.69, 9.17) is 30.4 Å². The first kappa shape index (κ1) is 36.4. The molecule has 12 nitrogen and oxygen atoms in total. The van der Waals surface area contributed by atoms with E-state index in [9.17, 15) is 9.59 Å². The summed E-state index contributed by atoms with van der Waals surface area (Å²) >= 11 is 1.06. The highest BCUT2D eigenvalue weighted by molar-refractivity contribution is 8.15. The number of hydrogen-bond donors (Lipinski definition) is 1. The Morgan fingerprint density at radius 1 is 1.27 bits per heavy atom. The summed E-state index contributed by atoms with van der Waals surface area (Å²) in [6.45, 7) is 11.8. The number of morpholine rings is 1. The Bertz CT molecular complexity index is 1670. The molecule has 2 aromatic rings. The minimum Gasteiger partial charge on any atom is -0.463 e. The van der Waals surface area contributed by atoms with E-state index >= 15 is 8.78 Å². The van der Waals surface area contributed by atoms with Gasteiger partial charge in [0.25, 0.3) is 5.23 Å². The number of thioether (sulfide) groups is 1. The second-order valence-corrected chi connectivity index (χ2v) is 20.4. The van der Waals surface area contributed by atoms with Crippen molar-refractivity contribution in [2.75, 3.05) is 39.7 Å². The van der Waals surface area contributed by atoms with Crippen LogP contribution in [0.2, 0.25) is 25.7 Å². The summed E-state index contributed by atoms with van der Waals surface area (Å²) in [5.74, 6) is 0.192. The number of fused-ring (bicyclic) bond motifs is 1. The van der Waals surface area contributed by atoms with Crippen molar-refractivity contribution in [3.8, 4) is 18.2 Å². The Morgan fingerprint density at radius 3 is 2.76 bits per heavy atom. The topological polar surface area (TPSA) is 137 Å². The largest absolute Gasteiger partial charge is 0.463 e. The molecule has 1 aliphatic carbocycles. The third-order valence-corrected chi connectivity index (χ3v) is 11.6. The van der Waals surface area contributed by atoms with Gasteiger partial charge in [-0.1, -0.05) is 25.6 Å². The fraction of sp³-hybridized carbons (Fsp3) is 0.515. The smallest absolute Gasteiger partial charge is 0.416 e.